The van der Waals surface area contributed by atoms with Crippen molar-refractivity contribution in [1.29, 1.82) is 0 Å². The average molecular weight is 235 g/mol. The van der Waals surface area contributed by atoms with E-state index in [-0.39, 0.29) is 0 Å². The minimum absolute atomic E-state index is 0.606. The molecule has 1 aromatic carbocycles. The standard InChI is InChI=1S/C12H13NO4/c1-7-5-3-4-6-8(7)10-9(11(14)15)13(2)12(16)17-10/h3-6,9-10H,1-2H3,(H,14,15). The highest BCUT2D eigenvalue weighted by Crippen LogP contribution is 2.33. The van der Waals surface area contributed by atoms with Crippen molar-refractivity contribution in [1.82, 2.24) is 4.90 Å². The topological polar surface area (TPSA) is 66.8 Å². The van der Waals surface area contributed by atoms with Gasteiger partial charge < -0.3 is 9.84 Å². The van der Waals surface area contributed by atoms with Gasteiger partial charge in [-0.05, 0) is 18.1 Å². The van der Waals surface area contributed by atoms with Gasteiger partial charge in [-0.25, -0.2) is 9.59 Å². The van der Waals surface area contributed by atoms with Crippen LogP contribution in [0.2, 0.25) is 0 Å². The number of cyclic esters (lactones) is 1. The summed E-state index contributed by atoms with van der Waals surface area (Å²) in [6, 6.07) is 6.33. The molecule has 5 nitrogen and oxygen atoms in total. The van der Waals surface area contributed by atoms with Crippen molar-refractivity contribution in [2.45, 2.75) is 19.1 Å². The first-order valence-corrected chi connectivity index (χ1v) is 5.24. The Bertz CT molecular complexity index is 471. The Morgan fingerprint density at radius 1 is 1.41 bits per heavy atom. The van der Waals surface area contributed by atoms with E-state index in [4.69, 9.17) is 9.84 Å². The summed E-state index contributed by atoms with van der Waals surface area (Å²) in [6.07, 6.45) is -1.35. The Hall–Kier alpha value is -2.04. The van der Waals surface area contributed by atoms with Crippen LogP contribution in [-0.4, -0.2) is 35.2 Å². The minimum atomic E-state index is -1.06. The lowest BCUT2D eigenvalue weighted by Crippen LogP contribution is -2.37. The van der Waals surface area contributed by atoms with Crippen molar-refractivity contribution in [2.24, 2.45) is 0 Å². The highest BCUT2D eigenvalue weighted by atomic mass is 16.6. The van der Waals surface area contributed by atoms with Gasteiger partial charge in [0.05, 0.1) is 0 Å². The summed E-state index contributed by atoms with van der Waals surface area (Å²) < 4.78 is 5.12. The van der Waals surface area contributed by atoms with Crippen LogP contribution in [0.25, 0.3) is 0 Å². The van der Waals surface area contributed by atoms with Crippen LogP contribution in [0.3, 0.4) is 0 Å². The molecule has 1 saturated heterocycles. The molecule has 0 aromatic heterocycles. The summed E-state index contributed by atoms with van der Waals surface area (Å²) >= 11 is 0. The van der Waals surface area contributed by atoms with Crippen molar-refractivity contribution < 1.29 is 19.4 Å². The number of benzene rings is 1. The van der Waals surface area contributed by atoms with E-state index in [1.165, 1.54) is 7.05 Å². The number of nitrogens with zero attached hydrogens (tertiary/aromatic N) is 1. The van der Waals surface area contributed by atoms with E-state index in [1.54, 1.807) is 12.1 Å². The number of ether oxygens (including phenoxy) is 1. The number of rotatable bonds is 2. The largest absolute Gasteiger partial charge is 0.480 e. The van der Waals surface area contributed by atoms with E-state index in [9.17, 15) is 9.59 Å². The predicted molar refractivity (Wildman–Crippen MR) is 59.6 cm³/mol. The summed E-state index contributed by atoms with van der Waals surface area (Å²) in [5.41, 5.74) is 1.64. The second-order valence-corrected chi connectivity index (χ2v) is 4.05. The van der Waals surface area contributed by atoms with Crippen LogP contribution >= 0.6 is 0 Å². The zero-order valence-corrected chi connectivity index (χ0v) is 9.58. The molecule has 0 spiro atoms. The molecule has 0 saturated carbocycles. The molecule has 2 unspecified atom stereocenters. The highest BCUT2D eigenvalue weighted by Gasteiger charge is 2.45. The second kappa shape index (κ2) is 4.08. The molecule has 90 valence electrons. The molecule has 1 aliphatic heterocycles. The van der Waals surface area contributed by atoms with E-state index in [0.717, 1.165) is 16.0 Å². The molecule has 0 bridgehead atoms. The predicted octanol–water partition coefficient (Wildman–Crippen LogP) is 1.57. The van der Waals surface area contributed by atoms with Crippen LogP contribution in [0, 0.1) is 6.92 Å². The number of likely N-dealkylation sites (N-methyl/N-ethyl adjacent to an activating group) is 1. The van der Waals surface area contributed by atoms with Gasteiger partial charge in [0.25, 0.3) is 0 Å². The maximum absolute atomic E-state index is 11.4. The smallest absolute Gasteiger partial charge is 0.411 e. The SMILES string of the molecule is Cc1ccccc1C1OC(=O)N(C)C1C(=O)O. The van der Waals surface area contributed by atoms with Crippen molar-refractivity contribution in [2.75, 3.05) is 7.05 Å². The molecular formula is C12H13NO4. The minimum Gasteiger partial charge on any atom is -0.480 e. The molecule has 17 heavy (non-hydrogen) atoms. The Morgan fingerprint density at radius 3 is 2.65 bits per heavy atom. The fraction of sp³-hybridized carbons (Fsp3) is 0.333. The quantitative estimate of drug-likeness (QED) is 0.844. The number of carbonyl (C=O) groups excluding carboxylic acids is 1. The molecule has 1 aliphatic rings. The van der Waals surface area contributed by atoms with E-state index in [0.29, 0.717) is 0 Å². The third kappa shape index (κ3) is 1.84. The molecule has 1 N–H and O–H groups in total. The van der Waals surface area contributed by atoms with Crippen molar-refractivity contribution in [3.8, 4) is 0 Å². The molecule has 1 fully saturated rings. The summed E-state index contributed by atoms with van der Waals surface area (Å²) in [7, 11) is 1.43. The summed E-state index contributed by atoms with van der Waals surface area (Å²) in [4.78, 5) is 23.7. The number of hydrogen-bond acceptors (Lipinski definition) is 3. The number of amides is 1. The number of aliphatic carboxylic acids is 1. The van der Waals surface area contributed by atoms with Gasteiger partial charge in [0.15, 0.2) is 12.1 Å². The molecular weight excluding hydrogens is 222 g/mol. The Morgan fingerprint density at radius 2 is 2.06 bits per heavy atom. The first kappa shape index (κ1) is 11.4. The zero-order valence-electron chi connectivity index (χ0n) is 9.58. The lowest BCUT2D eigenvalue weighted by molar-refractivity contribution is -0.142. The molecule has 1 heterocycles. The number of carbonyl (C=O) groups is 2. The van der Waals surface area contributed by atoms with Gasteiger partial charge in [-0.15, -0.1) is 0 Å². The number of carboxylic acid groups (broad SMARTS) is 1. The molecule has 2 atom stereocenters. The summed E-state index contributed by atoms with van der Waals surface area (Å²) in [6.45, 7) is 1.86. The second-order valence-electron chi connectivity index (χ2n) is 4.05. The van der Waals surface area contributed by atoms with Crippen molar-refractivity contribution in [3.63, 3.8) is 0 Å². The van der Waals surface area contributed by atoms with E-state index < -0.39 is 24.2 Å². The van der Waals surface area contributed by atoms with Crippen LogP contribution in [0.4, 0.5) is 4.79 Å². The van der Waals surface area contributed by atoms with E-state index in [1.807, 2.05) is 19.1 Å². The lowest BCUT2D eigenvalue weighted by atomic mass is 9.98. The van der Waals surface area contributed by atoms with E-state index in [2.05, 4.69) is 0 Å². The number of aryl methyl sites for hydroxylation is 1. The Kier molecular flexibility index (Phi) is 2.75. The number of carboxylic acids is 1. The lowest BCUT2D eigenvalue weighted by Gasteiger charge is -2.18. The monoisotopic (exact) mass is 235 g/mol. The average Bonchev–Trinajstić information content (AvgIpc) is 2.56. The van der Waals surface area contributed by atoms with Gasteiger partial charge in [0.1, 0.15) is 0 Å². The third-order valence-corrected chi connectivity index (χ3v) is 2.97. The van der Waals surface area contributed by atoms with Crippen LogP contribution in [0.1, 0.15) is 17.2 Å². The first-order chi connectivity index (χ1) is 8.02. The fourth-order valence-electron chi connectivity index (χ4n) is 2.01. The zero-order chi connectivity index (χ0) is 12.6. The normalized spacial score (nSPS) is 23.6. The molecule has 5 heteroatoms. The highest BCUT2D eigenvalue weighted by molar-refractivity contribution is 5.84. The van der Waals surface area contributed by atoms with Crippen molar-refractivity contribution in [3.05, 3.63) is 35.4 Å². The Balaban J connectivity index is 2.42. The van der Waals surface area contributed by atoms with Gasteiger partial charge in [-0.1, -0.05) is 24.3 Å². The van der Waals surface area contributed by atoms with Gasteiger partial charge in [0, 0.05) is 7.05 Å². The fourth-order valence-corrected chi connectivity index (χ4v) is 2.01. The molecule has 1 amide bonds. The van der Waals surface area contributed by atoms with Gasteiger partial charge in [-0.2, -0.15) is 0 Å². The maximum Gasteiger partial charge on any atom is 0.411 e. The maximum atomic E-state index is 11.4. The third-order valence-electron chi connectivity index (χ3n) is 2.97. The Labute approximate surface area is 98.6 Å². The summed E-state index contributed by atoms with van der Waals surface area (Å²) in [5, 5.41) is 9.15. The van der Waals surface area contributed by atoms with Gasteiger partial charge >= 0.3 is 12.1 Å². The van der Waals surface area contributed by atoms with Crippen LogP contribution in [0.15, 0.2) is 24.3 Å². The number of hydrogen-bond donors (Lipinski definition) is 1. The summed E-state index contributed by atoms with van der Waals surface area (Å²) in [5.74, 6) is -1.06. The molecule has 2 rings (SSSR count). The van der Waals surface area contributed by atoms with Crippen LogP contribution in [0.5, 0.6) is 0 Å². The van der Waals surface area contributed by atoms with E-state index >= 15 is 0 Å². The molecule has 1 aromatic rings. The van der Waals surface area contributed by atoms with Gasteiger partial charge in [-0.3, -0.25) is 4.90 Å². The van der Waals surface area contributed by atoms with Gasteiger partial charge in [0.2, 0.25) is 0 Å². The van der Waals surface area contributed by atoms with Crippen molar-refractivity contribution >= 4 is 12.1 Å². The first-order valence-electron chi connectivity index (χ1n) is 5.24. The van der Waals surface area contributed by atoms with Crippen LogP contribution < -0.4 is 0 Å². The van der Waals surface area contributed by atoms with Crippen LogP contribution in [-0.2, 0) is 9.53 Å². The molecule has 0 radical (unpaired) electrons. The molecule has 0 aliphatic carbocycles.